The van der Waals surface area contributed by atoms with Gasteiger partial charge in [0.25, 0.3) is 0 Å². The first-order chi connectivity index (χ1) is 13.3. The van der Waals surface area contributed by atoms with Gasteiger partial charge in [-0.3, -0.25) is 4.79 Å². The lowest BCUT2D eigenvalue weighted by atomic mass is 10.1. The molecule has 0 bridgehead atoms. The number of amides is 1. The zero-order chi connectivity index (χ0) is 18.5. The fraction of sp³-hybridized carbons (Fsp3) is 0.444. The topological polar surface area (TPSA) is 72.2 Å². The van der Waals surface area contributed by atoms with Crippen LogP contribution in [0.5, 0.6) is 0 Å². The van der Waals surface area contributed by atoms with Gasteiger partial charge in [-0.2, -0.15) is 9.61 Å². The molecule has 1 atom stereocenters. The van der Waals surface area contributed by atoms with Crippen molar-refractivity contribution in [3.05, 3.63) is 35.5 Å². The van der Waals surface area contributed by atoms with Crippen molar-refractivity contribution in [2.45, 2.75) is 43.9 Å². The Hall–Kier alpha value is -1.58. The molecule has 4 heterocycles. The van der Waals surface area contributed by atoms with Crippen LogP contribution in [-0.4, -0.2) is 36.7 Å². The van der Waals surface area contributed by atoms with Crippen molar-refractivity contribution in [3.63, 3.8) is 0 Å². The highest BCUT2D eigenvalue weighted by Gasteiger charge is 2.16. The highest BCUT2D eigenvalue weighted by atomic mass is 33.1. The van der Waals surface area contributed by atoms with Crippen molar-refractivity contribution < 1.29 is 4.79 Å². The summed E-state index contributed by atoms with van der Waals surface area (Å²) in [6.45, 7) is 0.343. The number of hydrogen-bond donors (Lipinski definition) is 1. The molecule has 27 heavy (non-hydrogen) atoms. The third kappa shape index (κ3) is 4.83. The van der Waals surface area contributed by atoms with E-state index in [0.717, 1.165) is 28.7 Å². The summed E-state index contributed by atoms with van der Waals surface area (Å²) in [5.74, 6) is 1.98. The zero-order valence-corrected chi connectivity index (χ0v) is 17.3. The minimum absolute atomic E-state index is 0.0645. The Morgan fingerprint density at radius 1 is 1.26 bits per heavy atom. The maximum Gasteiger partial charge on any atom is 0.220 e. The minimum Gasteiger partial charge on any atom is -0.349 e. The van der Waals surface area contributed by atoms with E-state index in [9.17, 15) is 4.79 Å². The molecule has 3 aromatic rings. The fourth-order valence-electron chi connectivity index (χ4n) is 2.99. The lowest BCUT2D eigenvalue weighted by Gasteiger charge is -2.07. The molecular formula is C18H21N5OS3. The van der Waals surface area contributed by atoms with E-state index in [4.69, 9.17) is 0 Å². The number of aromatic nitrogens is 4. The quantitative estimate of drug-likeness (QED) is 0.436. The van der Waals surface area contributed by atoms with Crippen molar-refractivity contribution in [2.75, 3.05) is 5.75 Å². The van der Waals surface area contributed by atoms with Gasteiger partial charge < -0.3 is 5.32 Å². The summed E-state index contributed by atoms with van der Waals surface area (Å²) in [5.41, 5.74) is 1.57. The van der Waals surface area contributed by atoms with Crippen LogP contribution >= 0.6 is 32.9 Å². The summed E-state index contributed by atoms with van der Waals surface area (Å²) in [4.78, 5) is 13.2. The summed E-state index contributed by atoms with van der Waals surface area (Å²) < 4.78 is 1.71. The van der Waals surface area contributed by atoms with Crippen molar-refractivity contribution >= 4 is 44.5 Å². The number of carbonyl (C=O) groups is 1. The summed E-state index contributed by atoms with van der Waals surface area (Å²) >= 11 is 1.64. The monoisotopic (exact) mass is 419 g/mol. The Morgan fingerprint density at radius 2 is 2.22 bits per heavy atom. The number of rotatable bonds is 8. The fourth-order valence-corrected chi connectivity index (χ4v) is 6.71. The molecule has 0 saturated carbocycles. The van der Waals surface area contributed by atoms with Crippen LogP contribution in [0.3, 0.4) is 0 Å². The van der Waals surface area contributed by atoms with Crippen LogP contribution < -0.4 is 5.32 Å². The average Bonchev–Trinajstić information content (AvgIpc) is 3.45. The highest BCUT2D eigenvalue weighted by molar-refractivity contribution is 8.77. The number of fused-ring (bicyclic) bond motifs is 1. The zero-order valence-electron chi connectivity index (χ0n) is 14.8. The Bertz CT molecular complexity index is 890. The number of hydrogen-bond acceptors (Lipinski definition) is 7. The third-order valence-electron chi connectivity index (χ3n) is 4.45. The second-order valence-electron chi connectivity index (χ2n) is 6.43. The summed E-state index contributed by atoms with van der Waals surface area (Å²) in [5, 5.41) is 18.7. The van der Waals surface area contributed by atoms with E-state index in [1.54, 1.807) is 15.9 Å². The largest absolute Gasteiger partial charge is 0.349 e. The molecule has 1 N–H and O–H groups in total. The molecule has 1 fully saturated rings. The van der Waals surface area contributed by atoms with E-state index < -0.39 is 0 Å². The van der Waals surface area contributed by atoms with Crippen molar-refractivity contribution in [3.8, 4) is 10.6 Å². The van der Waals surface area contributed by atoms with Gasteiger partial charge >= 0.3 is 0 Å². The van der Waals surface area contributed by atoms with Gasteiger partial charge in [0.1, 0.15) is 5.69 Å². The van der Waals surface area contributed by atoms with Gasteiger partial charge in [-0.1, -0.05) is 34.1 Å². The number of nitrogens with one attached hydrogen (secondary N) is 1. The van der Waals surface area contributed by atoms with Crippen LogP contribution in [0.4, 0.5) is 0 Å². The van der Waals surface area contributed by atoms with Crippen molar-refractivity contribution in [1.29, 1.82) is 0 Å². The predicted octanol–water partition coefficient (Wildman–Crippen LogP) is 4.18. The molecule has 9 heteroatoms. The van der Waals surface area contributed by atoms with Gasteiger partial charge in [0.05, 0.1) is 11.4 Å². The van der Waals surface area contributed by atoms with Gasteiger partial charge in [0.15, 0.2) is 11.5 Å². The van der Waals surface area contributed by atoms with Gasteiger partial charge in [-0.25, -0.2) is 0 Å². The average molecular weight is 420 g/mol. The minimum atomic E-state index is 0.0645. The second-order valence-corrected chi connectivity index (χ2v) is 10.2. The van der Waals surface area contributed by atoms with Crippen molar-refractivity contribution in [1.82, 2.24) is 25.1 Å². The van der Waals surface area contributed by atoms with E-state index in [0.29, 0.717) is 24.4 Å². The second kappa shape index (κ2) is 9.07. The molecule has 1 aliphatic heterocycles. The maximum absolute atomic E-state index is 12.1. The summed E-state index contributed by atoms with van der Waals surface area (Å²) in [7, 11) is 3.97. The van der Waals surface area contributed by atoms with Gasteiger partial charge in [0, 0.05) is 17.4 Å². The van der Waals surface area contributed by atoms with Crippen LogP contribution in [-0.2, 0) is 11.3 Å². The smallest absolute Gasteiger partial charge is 0.220 e. The number of unbranched alkanes of at least 4 members (excludes halogenated alkanes) is 1. The standard InChI is InChI=1S/C18H21N5OS3/c24-18(6-2-1-4-13-9-11-26-27-13)19-12-17-21-20-16-8-7-14(22-23(16)17)15-5-3-10-25-15/h3,5,7-8,10,13H,1-2,4,6,9,11-12H2,(H,19,24)/t13-/m1/s1. The van der Waals surface area contributed by atoms with Crippen LogP contribution in [0.1, 0.15) is 37.9 Å². The molecular weight excluding hydrogens is 398 g/mol. The Labute approximate surface area is 169 Å². The molecule has 1 amide bonds. The van der Waals surface area contributed by atoms with Gasteiger partial charge in [0.2, 0.25) is 5.91 Å². The normalized spacial score (nSPS) is 16.8. The molecule has 3 aromatic heterocycles. The molecule has 0 spiro atoms. The number of thiophene rings is 1. The first-order valence-corrected chi connectivity index (χ1v) is 12.4. The van der Waals surface area contributed by atoms with E-state index in [2.05, 4.69) is 20.6 Å². The van der Waals surface area contributed by atoms with Gasteiger partial charge in [-0.15, -0.1) is 21.5 Å². The predicted molar refractivity (Wildman–Crippen MR) is 113 cm³/mol. The number of nitrogens with zero attached hydrogens (tertiary/aromatic N) is 4. The molecule has 142 valence electrons. The third-order valence-corrected chi connectivity index (χ3v) is 8.35. The van der Waals surface area contributed by atoms with Crippen LogP contribution in [0.2, 0.25) is 0 Å². The summed E-state index contributed by atoms with van der Waals surface area (Å²) in [6.07, 6.45) is 5.15. The summed E-state index contributed by atoms with van der Waals surface area (Å²) in [6, 6.07) is 7.88. The van der Waals surface area contributed by atoms with E-state index in [-0.39, 0.29) is 5.91 Å². The lowest BCUT2D eigenvalue weighted by molar-refractivity contribution is -0.121. The molecule has 0 radical (unpaired) electrons. The van der Waals surface area contributed by atoms with E-state index >= 15 is 0 Å². The Kier molecular flexibility index (Phi) is 6.31. The number of carbonyl (C=O) groups excluding carboxylic acids is 1. The Balaban J connectivity index is 1.29. The molecule has 0 aromatic carbocycles. The first kappa shape index (κ1) is 18.8. The Morgan fingerprint density at radius 3 is 3.04 bits per heavy atom. The maximum atomic E-state index is 12.1. The lowest BCUT2D eigenvalue weighted by Crippen LogP contribution is -2.24. The van der Waals surface area contributed by atoms with Gasteiger partial charge in [-0.05, 0) is 42.8 Å². The highest BCUT2D eigenvalue weighted by Crippen LogP contribution is 2.39. The van der Waals surface area contributed by atoms with E-state index in [1.165, 1.54) is 18.6 Å². The van der Waals surface area contributed by atoms with Crippen LogP contribution in [0.25, 0.3) is 16.2 Å². The van der Waals surface area contributed by atoms with Crippen LogP contribution in [0.15, 0.2) is 29.6 Å². The van der Waals surface area contributed by atoms with E-state index in [1.807, 2.05) is 51.2 Å². The van der Waals surface area contributed by atoms with Crippen LogP contribution in [0, 0.1) is 0 Å². The van der Waals surface area contributed by atoms with Crippen molar-refractivity contribution in [2.24, 2.45) is 0 Å². The molecule has 0 unspecified atom stereocenters. The molecule has 0 aliphatic carbocycles. The molecule has 1 aliphatic rings. The molecule has 4 rings (SSSR count). The molecule has 6 nitrogen and oxygen atoms in total. The SMILES string of the molecule is O=C(CCCC[C@@H]1CCSS1)NCc1nnc2ccc(-c3cccs3)nn12. The first-order valence-electron chi connectivity index (χ1n) is 9.10. The molecule has 1 saturated heterocycles.